The van der Waals surface area contributed by atoms with E-state index in [9.17, 15) is 14.4 Å². The van der Waals surface area contributed by atoms with E-state index in [1.165, 1.54) is 6.92 Å². The molecule has 7 heteroatoms. The molecule has 0 spiro atoms. The minimum Gasteiger partial charge on any atom is -0.480 e. The normalized spacial score (nSPS) is 12.5. The van der Waals surface area contributed by atoms with Crippen LogP contribution >= 0.6 is 0 Å². The Labute approximate surface area is 148 Å². The summed E-state index contributed by atoms with van der Waals surface area (Å²) in [6.45, 7) is 6.85. The zero-order chi connectivity index (χ0) is 19.2. The van der Waals surface area contributed by atoms with E-state index < -0.39 is 23.5 Å². The third kappa shape index (κ3) is 2.85. The van der Waals surface area contributed by atoms with Gasteiger partial charge in [0.1, 0.15) is 17.2 Å². The molecule has 2 aromatic heterocycles. The van der Waals surface area contributed by atoms with E-state index in [2.05, 4.69) is 5.32 Å². The molecule has 2 heterocycles. The minimum atomic E-state index is -1.14. The van der Waals surface area contributed by atoms with Gasteiger partial charge in [0.25, 0.3) is 0 Å². The van der Waals surface area contributed by atoms with E-state index in [0.29, 0.717) is 16.7 Å². The molecular weight excluding hydrogens is 338 g/mol. The third-order valence-electron chi connectivity index (χ3n) is 4.62. The van der Waals surface area contributed by atoms with E-state index in [0.717, 1.165) is 21.9 Å². The van der Waals surface area contributed by atoms with Crippen molar-refractivity contribution in [3.05, 3.63) is 45.0 Å². The minimum absolute atomic E-state index is 0.215. The Morgan fingerprint density at radius 3 is 2.50 bits per heavy atom. The predicted molar refractivity (Wildman–Crippen MR) is 95.4 cm³/mol. The van der Waals surface area contributed by atoms with Crippen LogP contribution in [-0.4, -0.2) is 23.0 Å². The second-order valence-corrected chi connectivity index (χ2v) is 6.47. The molecule has 0 radical (unpaired) electrons. The summed E-state index contributed by atoms with van der Waals surface area (Å²) in [5.74, 6) is -1.69. The van der Waals surface area contributed by atoms with Crippen molar-refractivity contribution in [1.82, 2.24) is 5.32 Å². The van der Waals surface area contributed by atoms with Gasteiger partial charge in [0.15, 0.2) is 0 Å². The SMILES string of the molecule is Cc1coc2c(C)c3oc(=O)c(CC(=O)N[C@@H](C)C(=O)O)c(C)c3cc12. The average molecular weight is 357 g/mol. The van der Waals surface area contributed by atoms with Gasteiger partial charge in [0.05, 0.1) is 18.2 Å². The third-order valence-corrected chi connectivity index (χ3v) is 4.62. The number of rotatable bonds is 4. The molecule has 0 aliphatic carbocycles. The summed E-state index contributed by atoms with van der Waals surface area (Å²) in [7, 11) is 0. The highest BCUT2D eigenvalue weighted by Gasteiger charge is 2.20. The predicted octanol–water partition coefficient (Wildman–Crippen LogP) is 2.60. The number of carboxylic acid groups (broad SMARTS) is 1. The number of amides is 1. The molecule has 0 unspecified atom stereocenters. The summed E-state index contributed by atoms with van der Waals surface area (Å²) in [4.78, 5) is 35.4. The van der Waals surface area contributed by atoms with Crippen LogP contribution in [0.25, 0.3) is 21.9 Å². The van der Waals surface area contributed by atoms with E-state index in [-0.39, 0.29) is 12.0 Å². The molecule has 0 fully saturated rings. The number of carbonyl (C=O) groups is 2. The Morgan fingerprint density at radius 1 is 1.15 bits per heavy atom. The highest BCUT2D eigenvalue weighted by Crippen LogP contribution is 2.32. The molecule has 1 atom stereocenters. The lowest BCUT2D eigenvalue weighted by Gasteiger charge is -2.12. The smallest absolute Gasteiger partial charge is 0.340 e. The van der Waals surface area contributed by atoms with Crippen molar-refractivity contribution >= 4 is 33.8 Å². The summed E-state index contributed by atoms with van der Waals surface area (Å²) in [6.07, 6.45) is 1.40. The number of fused-ring (bicyclic) bond motifs is 2. The number of hydrogen-bond donors (Lipinski definition) is 2. The molecule has 3 aromatic rings. The van der Waals surface area contributed by atoms with Crippen molar-refractivity contribution in [3.8, 4) is 0 Å². The number of aryl methyl sites for hydroxylation is 3. The van der Waals surface area contributed by atoms with Crippen LogP contribution in [0.1, 0.15) is 29.2 Å². The lowest BCUT2D eigenvalue weighted by atomic mass is 9.99. The van der Waals surface area contributed by atoms with Gasteiger partial charge in [-0.05, 0) is 44.9 Å². The molecular formula is C19H19NO6. The van der Waals surface area contributed by atoms with Crippen molar-refractivity contribution in [2.24, 2.45) is 0 Å². The van der Waals surface area contributed by atoms with Gasteiger partial charge in [0.2, 0.25) is 5.91 Å². The molecule has 7 nitrogen and oxygen atoms in total. The molecule has 1 aromatic carbocycles. The Bertz CT molecular complexity index is 1100. The Morgan fingerprint density at radius 2 is 1.85 bits per heavy atom. The summed E-state index contributed by atoms with van der Waals surface area (Å²) in [6, 6.07) is 0.849. The van der Waals surface area contributed by atoms with Crippen molar-refractivity contribution in [2.45, 2.75) is 40.2 Å². The highest BCUT2D eigenvalue weighted by atomic mass is 16.4. The maximum absolute atomic E-state index is 12.4. The monoisotopic (exact) mass is 357 g/mol. The summed E-state index contributed by atoms with van der Waals surface area (Å²) < 4.78 is 11.0. The maximum atomic E-state index is 12.4. The standard InChI is InChI=1S/C19H19NO6/c1-8-7-25-16-10(3)17-13(5-12(8)16)9(2)14(19(24)26-17)6-15(21)20-11(4)18(22)23/h5,7,11H,6H2,1-4H3,(H,20,21)(H,22,23)/t11-/m0/s1. The van der Waals surface area contributed by atoms with Crippen LogP contribution in [0.2, 0.25) is 0 Å². The van der Waals surface area contributed by atoms with Crippen LogP contribution in [0, 0.1) is 20.8 Å². The lowest BCUT2D eigenvalue weighted by molar-refractivity contribution is -0.141. The van der Waals surface area contributed by atoms with Gasteiger partial charge < -0.3 is 19.3 Å². The molecule has 1 amide bonds. The first-order valence-corrected chi connectivity index (χ1v) is 8.16. The number of carbonyl (C=O) groups excluding carboxylic acids is 1. The second-order valence-electron chi connectivity index (χ2n) is 6.47. The average Bonchev–Trinajstić information content (AvgIpc) is 2.94. The van der Waals surface area contributed by atoms with Crippen molar-refractivity contribution in [3.63, 3.8) is 0 Å². The fraction of sp³-hybridized carbons (Fsp3) is 0.316. The molecule has 26 heavy (non-hydrogen) atoms. The number of furan rings is 1. The fourth-order valence-corrected chi connectivity index (χ4v) is 3.04. The lowest BCUT2D eigenvalue weighted by Crippen LogP contribution is -2.39. The molecule has 0 aliphatic rings. The summed E-state index contributed by atoms with van der Waals surface area (Å²) >= 11 is 0. The second kappa shape index (κ2) is 6.33. The van der Waals surface area contributed by atoms with Gasteiger partial charge in [-0.3, -0.25) is 9.59 Å². The largest absolute Gasteiger partial charge is 0.480 e. The first kappa shape index (κ1) is 17.7. The van der Waals surface area contributed by atoms with Crippen molar-refractivity contribution < 1.29 is 23.5 Å². The van der Waals surface area contributed by atoms with Crippen LogP contribution in [-0.2, 0) is 16.0 Å². The molecule has 3 rings (SSSR count). The van der Waals surface area contributed by atoms with Crippen LogP contribution in [0.3, 0.4) is 0 Å². The van der Waals surface area contributed by atoms with Crippen LogP contribution in [0.5, 0.6) is 0 Å². The van der Waals surface area contributed by atoms with Gasteiger partial charge in [-0.2, -0.15) is 0 Å². The first-order valence-electron chi connectivity index (χ1n) is 8.16. The molecule has 0 bridgehead atoms. The van der Waals surface area contributed by atoms with E-state index in [1.54, 1.807) is 13.2 Å². The quantitative estimate of drug-likeness (QED) is 0.695. The number of hydrogen-bond acceptors (Lipinski definition) is 5. The van der Waals surface area contributed by atoms with Crippen LogP contribution in [0.15, 0.2) is 26.0 Å². The van der Waals surface area contributed by atoms with Crippen LogP contribution < -0.4 is 10.9 Å². The topological polar surface area (TPSA) is 110 Å². The summed E-state index contributed by atoms with van der Waals surface area (Å²) in [5, 5.41) is 12.9. The van der Waals surface area contributed by atoms with Crippen molar-refractivity contribution in [2.75, 3.05) is 0 Å². The zero-order valence-electron chi connectivity index (χ0n) is 14.9. The van der Waals surface area contributed by atoms with Gasteiger partial charge in [-0.1, -0.05) is 0 Å². The Kier molecular flexibility index (Phi) is 4.31. The maximum Gasteiger partial charge on any atom is 0.340 e. The number of carboxylic acids is 1. The highest BCUT2D eigenvalue weighted by molar-refractivity contribution is 6.00. The molecule has 0 saturated heterocycles. The first-order chi connectivity index (χ1) is 12.2. The van der Waals surface area contributed by atoms with Gasteiger partial charge >= 0.3 is 11.6 Å². The number of benzene rings is 1. The van der Waals surface area contributed by atoms with Crippen LogP contribution in [0.4, 0.5) is 0 Å². The molecule has 2 N–H and O–H groups in total. The Hall–Kier alpha value is -3.09. The van der Waals surface area contributed by atoms with E-state index >= 15 is 0 Å². The van der Waals surface area contributed by atoms with Gasteiger partial charge in [-0.15, -0.1) is 0 Å². The van der Waals surface area contributed by atoms with E-state index in [4.69, 9.17) is 13.9 Å². The molecule has 136 valence electrons. The molecule has 0 saturated carbocycles. The van der Waals surface area contributed by atoms with Gasteiger partial charge in [-0.25, -0.2) is 4.79 Å². The molecule has 0 aliphatic heterocycles. The van der Waals surface area contributed by atoms with E-state index in [1.807, 2.05) is 19.9 Å². The zero-order valence-corrected chi connectivity index (χ0v) is 14.9. The van der Waals surface area contributed by atoms with Gasteiger partial charge in [0, 0.05) is 16.3 Å². The number of nitrogens with one attached hydrogen (secondary N) is 1. The van der Waals surface area contributed by atoms with Crippen molar-refractivity contribution in [1.29, 1.82) is 0 Å². The number of aliphatic carboxylic acids is 1. The Balaban J connectivity index is 2.11. The fourth-order valence-electron chi connectivity index (χ4n) is 3.04. The summed E-state index contributed by atoms with van der Waals surface area (Å²) in [5.41, 5.74) is 3.02.